The minimum Gasteiger partial charge on any atom is -0.409 e. The van der Waals surface area contributed by atoms with Crippen LogP contribution >= 0.6 is 0 Å². The average molecular weight is 264 g/mol. The molecule has 19 heavy (non-hydrogen) atoms. The topological polar surface area (TPSA) is 84.0 Å². The Morgan fingerprint density at radius 1 is 1.68 bits per heavy atom. The number of piperidine rings is 1. The second-order valence-electron chi connectivity index (χ2n) is 4.52. The third-order valence-corrected chi connectivity index (χ3v) is 3.26. The smallest absolute Gasteiger partial charge is 0.190 e. The van der Waals surface area contributed by atoms with Crippen molar-refractivity contribution in [3.8, 4) is 0 Å². The van der Waals surface area contributed by atoms with Crippen molar-refractivity contribution in [3.63, 3.8) is 0 Å². The van der Waals surface area contributed by atoms with Crippen LogP contribution in [0.5, 0.6) is 0 Å². The lowest BCUT2D eigenvalue weighted by Gasteiger charge is -2.34. The molecule has 0 spiro atoms. The van der Waals surface area contributed by atoms with Crippen LogP contribution in [0, 0.1) is 0 Å². The third kappa shape index (κ3) is 3.14. The number of hydrogen-bond acceptors (Lipinski definition) is 5. The van der Waals surface area contributed by atoms with Gasteiger partial charge in [-0.05, 0) is 31.9 Å². The highest BCUT2D eigenvalue weighted by Gasteiger charge is 2.23. The van der Waals surface area contributed by atoms with Gasteiger partial charge in [0.15, 0.2) is 5.84 Å². The van der Waals surface area contributed by atoms with Crippen molar-refractivity contribution in [2.24, 2.45) is 10.9 Å². The van der Waals surface area contributed by atoms with E-state index in [4.69, 9.17) is 15.7 Å². The average Bonchev–Trinajstić information content (AvgIpc) is 2.47. The Labute approximate surface area is 112 Å². The Morgan fingerprint density at radius 2 is 2.53 bits per heavy atom. The van der Waals surface area contributed by atoms with Crippen molar-refractivity contribution in [2.75, 3.05) is 24.6 Å². The monoisotopic (exact) mass is 264 g/mol. The lowest BCUT2D eigenvalue weighted by molar-refractivity contribution is 0.0526. The molecule has 1 atom stereocenters. The number of anilines is 1. The second kappa shape index (κ2) is 6.38. The molecule has 1 saturated heterocycles. The predicted molar refractivity (Wildman–Crippen MR) is 73.6 cm³/mol. The van der Waals surface area contributed by atoms with Crippen LogP contribution in [0.2, 0.25) is 0 Å². The molecule has 0 bridgehead atoms. The largest absolute Gasteiger partial charge is 0.409 e. The van der Waals surface area contributed by atoms with Gasteiger partial charge in [0.1, 0.15) is 5.69 Å². The van der Waals surface area contributed by atoms with Gasteiger partial charge in [0.2, 0.25) is 0 Å². The summed E-state index contributed by atoms with van der Waals surface area (Å²) >= 11 is 0. The molecule has 1 fully saturated rings. The Kier molecular flexibility index (Phi) is 4.57. The molecule has 6 nitrogen and oxygen atoms in total. The fourth-order valence-corrected chi connectivity index (χ4v) is 2.43. The van der Waals surface area contributed by atoms with Crippen LogP contribution in [-0.4, -0.2) is 41.8 Å². The molecule has 1 aliphatic rings. The zero-order valence-electron chi connectivity index (χ0n) is 11.1. The fraction of sp³-hybridized carbons (Fsp3) is 0.538. The van der Waals surface area contributed by atoms with Gasteiger partial charge in [-0.25, -0.2) is 0 Å². The summed E-state index contributed by atoms with van der Waals surface area (Å²) in [5.41, 5.74) is 7.08. The Morgan fingerprint density at radius 3 is 3.26 bits per heavy atom. The van der Waals surface area contributed by atoms with Gasteiger partial charge < -0.3 is 20.6 Å². The van der Waals surface area contributed by atoms with E-state index in [1.165, 1.54) is 0 Å². The molecule has 0 saturated carbocycles. The molecule has 0 aromatic carbocycles. The van der Waals surface area contributed by atoms with Crippen LogP contribution in [0.25, 0.3) is 0 Å². The number of pyridine rings is 1. The van der Waals surface area contributed by atoms with E-state index in [1.54, 1.807) is 6.20 Å². The number of rotatable bonds is 4. The maximum Gasteiger partial charge on any atom is 0.190 e. The first-order valence-electron chi connectivity index (χ1n) is 6.55. The van der Waals surface area contributed by atoms with E-state index in [0.717, 1.165) is 38.2 Å². The highest BCUT2D eigenvalue weighted by molar-refractivity contribution is 6.00. The molecule has 0 amide bonds. The molecule has 0 aliphatic carbocycles. The van der Waals surface area contributed by atoms with E-state index in [1.807, 2.05) is 19.1 Å². The summed E-state index contributed by atoms with van der Waals surface area (Å²) in [6.45, 7) is 4.47. The van der Waals surface area contributed by atoms with Crippen LogP contribution in [0.1, 0.15) is 25.5 Å². The number of amidine groups is 1. The van der Waals surface area contributed by atoms with Crippen molar-refractivity contribution in [2.45, 2.75) is 25.9 Å². The predicted octanol–water partition coefficient (Wildman–Crippen LogP) is 1.18. The standard InChI is InChI=1S/C13H20N4O2/c1-2-19-10-5-4-8-17(9-10)11-6-3-7-15-12(11)13(14)16-18/h3,6-7,10,18H,2,4-5,8-9H2,1H3,(H2,14,16). The maximum absolute atomic E-state index is 8.83. The molecule has 0 radical (unpaired) electrons. The summed E-state index contributed by atoms with van der Waals surface area (Å²) in [5.74, 6) is 0.0362. The lowest BCUT2D eigenvalue weighted by atomic mass is 10.1. The lowest BCUT2D eigenvalue weighted by Crippen LogP contribution is -2.40. The fourth-order valence-electron chi connectivity index (χ4n) is 2.43. The molecular weight excluding hydrogens is 244 g/mol. The minimum absolute atomic E-state index is 0.0362. The van der Waals surface area contributed by atoms with Crippen molar-refractivity contribution < 1.29 is 9.94 Å². The molecule has 1 unspecified atom stereocenters. The first-order chi connectivity index (χ1) is 9.26. The molecular formula is C13H20N4O2. The normalized spacial score (nSPS) is 20.6. The van der Waals surface area contributed by atoms with E-state index in [-0.39, 0.29) is 11.9 Å². The third-order valence-electron chi connectivity index (χ3n) is 3.26. The summed E-state index contributed by atoms with van der Waals surface area (Å²) in [4.78, 5) is 6.38. The Balaban J connectivity index is 2.21. The van der Waals surface area contributed by atoms with Gasteiger partial charge in [0, 0.05) is 25.9 Å². The van der Waals surface area contributed by atoms with Gasteiger partial charge >= 0.3 is 0 Å². The quantitative estimate of drug-likeness (QED) is 0.369. The van der Waals surface area contributed by atoms with E-state index in [2.05, 4.69) is 15.0 Å². The zero-order valence-corrected chi connectivity index (χ0v) is 11.1. The van der Waals surface area contributed by atoms with Crippen molar-refractivity contribution >= 4 is 11.5 Å². The van der Waals surface area contributed by atoms with Gasteiger partial charge in [-0.1, -0.05) is 5.16 Å². The van der Waals surface area contributed by atoms with Gasteiger partial charge in [0.05, 0.1) is 11.8 Å². The molecule has 1 aromatic rings. The Bertz CT molecular complexity index is 448. The highest BCUT2D eigenvalue weighted by atomic mass is 16.5. The second-order valence-corrected chi connectivity index (χ2v) is 4.52. The summed E-state index contributed by atoms with van der Waals surface area (Å²) in [7, 11) is 0. The minimum atomic E-state index is 0.0362. The summed E-state index contributed by atoms with van der Waals surface area (Å²) in [6, 6.07) is 3.79. The number of ether oxygens (including phenoxy) is 1. The summed E-state index contributed by atoms with van der Waals surface area (Å²) in [5, 5.41) is 11.9. The van der Waals surface area contributed by atoms with Crippen LogP contribution in [0.3, 0.4) is 0 Å². The molecule has 104 valence electrons. The van der Waals surface area contributed by atoms with Crippen LogP contribution < -0.4 is 10.6 Å². The van der Waals surface area contributed by atoms with E-state index in [9.17, 15) is 0 Å². The molecule has 2 rings (SSSR count). The summed E-state index contributed by atoms with van der Waals surface area (Å²) in [6.07, 6.45) is 4.01. The van der Waals surface area contributed by atoms with Crippen LogP contribution in [-0.2, 0) is 4.74 Å². The van der Waals surface area contributed by atoms with Crippen molar-refractivity contribution in [1.29, 1.82) is 0 Å². The molecule has 3 N–H and O–H groups in total. The number of oxime groups is 1. The van der Waals surface area contributed by atoms with Gasteiger partial charge in [-0.3, -0.25) is 4.98 Å². The number of nitrogens with two attached hydrogens (primary N) is 1. The zero-order chi connectivity index (χ0) is 13.7. The molecule has 2 heterocycles. The summed E-state index contributed by atoms with van der Waals surface area (Å²) < 4.78 is 5.69. The molecule has 1 aromatic heterocycles. The van der Waals surface area contributed by atoms with Gasteiger partial charge in [-0.15, -0.1) is 0 Å². The van der Waals surface area contributed by atoms with Crippen molar-refractivity contribution in [1.82, 2.24) is 4.98 Å². The first-order valence-corrected chi connectivity index (χ1v) is 6.55. The number of nitrogens with zero attached hydrogens (tertiary/aromatic N) is 3. The molecule has 1 aliphatic heterocycles. The number of aromatic nitrogens is 1. The van der Waals surface area contributed by atoms with E-state index in [0.29, 0.717) is 5.69 Å². The van der Waals surface area contributed by atoms with E-state index >= 15 is 0 Å². The van der Waals surface area contributed by atoms with Gasteiger partial charge in [0.25, 0.3) is 0 Å². The first kappa shape index (κ1) is 13.6. The maximum atomic E-state index is 8.83. The Hall–Kier alpha value is -1.82. The van der Waals surface area contributed by atoms with Crippen LogP contribution in [0.4, 0.5) is 5.69 Å². The van der Waals surface area contributed by atoms with Gasteiger partial charge in [-0.2, -0.15) is 0 Å². The molecule has 6 heteroatoms. The van der Waals surface area contributed by atoms with Crippen LogP contribution in [0.15, 0.2) is 23.5 Å². The highest BCUT2D eigenvalue weighted by Crippen LogP contribution is 2.23. The SMILES string of the molecule is CCOC1CCCN(c2cccnc2/C(N)=N/O)C1. The van der Waals surface area contributed by atoms with Crippen molar-refractivity contribution in [3.05, 3.63) is 24.0 Å². The number of hydrogen-bond donors (Lipinski definition) is 2. The van der Waals surface area contributed by atoms with E-state index < -0.39 is 0 Å².